The van der Waals surface area contributed by atoms with Gasteiger partial charge in [0.1, 0.15) is 0 Å². The second-order valence-corrected chi connectivity index (χ2v) is 2.58. The van der Waals surface area contributed by atoms with Crippen LogP contribution in [0.4, 0.5) is 0 Å². The Morgan fingerprint density at radius 1 is 1.00 bits per heavy atom. The van der Waals surface area contributed by atoms with Crippen molar-refractivity contribution in [1.29, 1.82) is 0 Å². The monoisotopic (exact) mass is 145 g/mol. The van der Waals surface area contributed by atoms with Crippen molar-refractivity contribution in [2.45, 2.75) is 6.92 Å². The molecule has 0 aliphatic carbocycles. The molecule has 1 heterocycles. The highest BCUT2D eigenvalue weighted by Gasteiger charge is 2.04. The van der Waals surface area contributed by atoms with Crippen molar-refractivity contribution in [3.63, 3.8) is 0 Å². The molecule has 1 aromatic carbocycles. The Bertz CT molecular complexity index is 379. The summed E-state index contributed by atoms with van der Waals surface area (Å²) in [7, 11) is 0. The first-order valence-corrected chi connectivity index (χ1v) is 3.65. The predicted molar refractivity (Wildman–Crippen MR) is 45.4 cm³/mol. The Kier molecular flexibility index (Phi) is 1.35. The Hall–Kier alpha value is -1.37. The van der Waals surface area contributed by atoms with Gasteiger partial charge in [-0.05, 0) is 12.1 Å². The van der Waals surface area contributed by atoms with Gasteiger partial charge in [-0.3, -0.25) is 0 Å². The lowest BCUT2D eigenvalue weighted by molar-refractivity contribution is 0.566. The zero-order valence-electron chi connectivity index (χ0n) is 6.37. The Balaban J connectivity index is 2.83. The topological polar surface area (TPSA) is 11.3 Å². The summed E-state index contributed by atoms with van der Waals surface area (Å²) in [5, 5.41) is 1.15. The summed E-state index contributed by atoms with van der Waals surface area (Å²) < 4.78 is 5.46. The van der Waals surface area contributed by atoms with Gasteiger partial charge >= 0.3 is 11.3 Å². The molecule has 0 bridgehead atoms. The average molecular weight is 145 g/mol. The lowest BCUT2D eigenvalue weighted by Crippen LogP contribution is -1.73. The van der Waals surface area contributed by atoms with Crippen LogP contribution < -0.4 is 0 Å². The Morgan fingerprint density at radius 3 is 2.73 bits per heavy atom. The van der Waals surface area contributed by atoms with E-state index in [0.29, 0.717) is 0 Å². The van der Waals surface area contributed by atoms with Crippen LogP contribution in [-0.2, 0) is 0 Å². The highest BCUT2D eigenvalue weighted by Crippen LogP contribution is 2.14. The van der Waals surface area contributed by atoms with Crippen LogP contribution in [0, 0.1) is 6.92 Å². The number of hydrogen-bond acceptors (Lipinski definition) is 0. The third-order valence-electron chi connectivity index (χ3n) is 1.69. The summed E-state index contributed by atoms with van der Waals surface area (Å²) in [5.74, 6) is 0.948. The lowest BCUT2D eigenvalue weighted by Gasteiger charge is -1.84. The molecule has 0 saturated carbocycles. The van der Waals surface area contributed by atoms with E-state index in [-0.39, 0.29) is 0 Å². The maximum Gasteiger partial charge on any atom is 0.360 e. The molecule has 2 rings (SSSR count). The maximum absolute atomic E-state index is 5.46. The van der Waals surface area contributed by atoms with Crippen LogP contribution >= 0.6 is 0 Å². The van der Waals surface area contributed by atoms with Gasteiger partial charge in [0, 0.05) is 12.1 Å². The molecule has 0 fully saturated rings. The predicted octanol–water partition coefficient (Wildman–Crippen LogP) is 3.02. The van der Waals surface area contributed by atoms with Crippen LogP contribution in [0.5, 0.6) is 0 Å². The number of aryl methyl sites for hydroxylation is 1. The van der Waals surface area contributed by atoms with Crippen molar-refractivity contribution >= 4 is 11.0 Å². The van der Waals surface area contributed by atoms with E-state index >= 15 is 0 Å². The summed E-state index contributed by atoms with van der Waals surface area (Å²) in [5.41, 5.74) is 0.951. The number of hydrogen-bond donors (Lipinski definition) is 0. The van der Waals surface area contributed by atoms with Crippen LogP contribution in [0.3, 0.4) is 0 Å². The van der Waals surface area contributed by atoms with Crippen LogP contribution in [0.1, 0.15) is 5.76 Å². The summed E-state index contributed by atoms with van der Waals surface area (Å²) in [6, 6.07) is 12.0. The summed E-state index contributed by atoms with van der Waals surface area (Å²) in [4.78, 5) is 0. The van der Waals surface area contributed by atoms with Gasteiger partial charge in [-0.1, -0.05) is 12.1 Å². The minimum absolute atomic E-state index is 0.948. The second kappa shape index (κ2) is 2.35. The molecular formula is C10H9O+. The minimum Gasteiger partial charge on any atom is -0.213 e. The summed E-state index contributed by atoms with van der Waals surface area (Å²) in [6.07, 6.45) is 0. The molecule has 0 N–H and O–H groups in total. The molecule has 1 nitrogen and oxygen atoms in total. The Morgan fingerprint density at radius 2 is 1.82 bits per heavy atom. The SMILES string of the molecule is Cc1ccc2ccccc2[o+]1. The average Bonchev–Trinajstić information content (AvgIpc) is 2.04. The Labute approximate surface area is 65.3 Å². The van der Waals surface area contributed by atoms with E-state index < -0.39 is 0 Å². The van der Waals surface area contributed by atoms with Crippen LogP contribution in [0.25, 0.3) is 11.0 Å². The van der Waals surface area contributed by atoms with Crippen LogP contribution in [0.2, 0.25) is 0 Å². The van der Waals surface area contributed by atoms with Gasteiger partial charge < -0.3 is 0 Å². The quantitative estimate of drug-likeness (QED) is 0.518. The van der Waals surface area contributed by atoms with Crippen molar-refractivity contribution in [2.24, 2.45) is 0 Å². The van der Waals surface area contributed by atoms with E-state index in [1.165, 1.54) is 0 Å². The number of rotatable bonds is 0. The molecule has 0 unspecified atom stereocenters. The van der Waals surface area contributed by atoms with Gasteiger partial charge in [0.25, 0.3) is 0 Å². The highest BCUT2D eigenvalue weighted by molar-refractivity contribution is 5.76. The van der Waals surface area contributed by atoms with Gasteiger partial charge in [-0.15, -0.1) is 0 Å². The van der Waals surface area contributed by atoms with Crippen molar-refractivity contribution in [3.05, 3.63) is 42.2 Å². The normalized spacial score (nSPS) is 10.3. The van der Waals surface area contributed by atoms with Crippen LogP contribution in [0.15, 0.2) is 40.8 Å². The molecule has 0 spiro atoms. The number of para-hydroxylation sites is 1. The second-order valence-electron chi connectivity index (χ2n) is 2.58. The van der Waals surface area contributed by atoms with Crippen molar-refractivity contribution < 1.29 is 4.42 Å². The first-order valence-electron chi connectivity index (χ1n) is 3.65. The fraction of sp³-hybridized carbons (Fsp3) is 0.100. The maximum atomic E-state index is 5.46. The molecule has 0 saturated heterocycles. The van der Waals surface area contributed by atoms with Crippen molar-refractivity contribution in [3.8, 4) is 0 Å². The van der Waals surface area contributed by atoms with Gasteiger partial charge in [0.05, 0.1) is 12.3 Å². The molecule has 54 valence electrons. The molecule has 1 heteroatoms. The van der Waals surface area contributed by atoms with Gasteiger partial charge in [-0.2, -0.15) is 0 Å². The zero-order chi connectivity index (χ0) is 7.68. The van der Waals surface area contributed by atoms with E-state index in [4.69, 9.17) is 4.42 Å². The molecule has 0 aliphatic heterocycles. The fourth-order valence-corrected chi connectivity index (χ4v) is 1.13. The first kappa shape index (κ1) is 6.35. The summed E-state index contributed by atoms with van der Waals surface area (Å²) >= 11 is 0. The standard InChI is InChI=1S/C10H9O/c1-8-6-7-9-4-2-3-5-10(9)11-8/h2-7H,1H3/q+1. The van der Waals surface area contributed by atoms with E-state index in [9.17, 15) is 0 Å². The highest BCUT2D eigenvalue weighted by atomic mass is 16.3. The molecular weight excluding hydrogens is 136 g/mol. The number of benzene rings is 1. The molecule has 2 aromatic rings. The molecule has 0 amide bonds. The van der Waals surface area contributed by atoms with Crippen molar-refractivity contribution in [1.82, 2.24) is 0 Å². The van der Waals surface area contributed by atoms with Gasteiger partial charge in [-0.25, -0.2) is 4.42 Å². The fourth-order valence-electron chi connectivity index (χ4n) is 1.13. The van der Waals surface area contributed by atoms with Crippen molar-refractivity contribution in [2.75, 3.05) is 0 Å². The smallest absolute Gasteiger partial charge is 0.213 e. The molecule has 11 heavy (non-hydrogen) atoms. The third kappa shape index (κ3) is 1.09. The van der Waals surface area contributed by atoms with E-state index in [1.54, 1.807) is 0 Å². The van der Waals surface area contributed by atoms with Gasteiger partial charge in [0.15, 0.2) is 0 Å². The first-order chi connectivity index (χ1) is 5.36. The largest absolute Gasteiger partial charge is 0.360 e. The molecule has 1 aromatic heterocycles. The van der Waals surface area contributed by atoms with E-state index in [0.717, 1.165) is 16.7 Å². The lowest BCUT2D eigenvalue weighted by atomic mass is 10.2. The van der Waals surface area contributed by atoms with Crippen LogP contribution in [-0.4, -0.2) is 0 Å². The molecule has 0 radical (unpaired) electrons. The molecule has 0 atom stereocenters. The van der Waals surface area contributed by atoms with E-state index in [2.05, 4.69) is 6.07 Å². The van der Waals surface area contributed by atoms with E-state index in [1.807, 2.05) is 37.3 Å². The zero-order valence-corrected chi connectivity index (χ0v) is 6.37. The minimum atomic E-state index is 0.948. The third-order valence-corrected chi connectivity index (χ3v) is 1.69. The molecule has 0 aliphatic rings. The van der Waals surface area contributed by atoms with Gasteiger partial charge in [0.2, 0.25) is 0 Å². The summed E-state index contributed by atoms with van der Waals surface area (Å²) in [6.45, 7) is 1.95. The number of fused-ring (bicyclic) bond motifs is 1.